The fourth-order valence-corrected chi connectivity index (χ4v) is 1.23. The predicted molar refractivity (Wildman–Crippen MR) is 59.0 cm³/mol. The monoisotopic (exact) mass is 209 g/mol. The molecule has 0 aromatic heterocycles. The van der Waals surface area contributed by atoms with Gasteiger partial charge in [-0.3, -0.25) is 0 Å². The summed E-state index contributed by atoms with van der Waals surface area (Å²) in [5, 5.41) is 12.8. The molecule has 0 spiro atoms. The second kappa shape index (κ2) is 5.63. The van der Waals surface area contributed by atoms with Crippen molar-refractivity contribution in [1.82, 2.24) is 5.32 Å². The first-order valence-electron chi connectivity index (χ1n) is 4.88. The topological polar surface area (TPSA) is 32.3 Å². The lowest BCUT2D eigenvalue weighted by atomic mass is 10.1. The van der Waals surface area contributed by atoms with E-state index in [-0.39, 0.29) is 5.82 Å². The third-order valence-electron chi connectivity index (χ3n) is 2.02. The quantitative estimate of drug-likeness (QED) is 0.727. The first-order chi connectivity index (χ1) is 7.09. The van der Waals surface area contributed by atoms with Gasteiger partial charge >= 0.3 is 0 Å². The fraction of sp³-hybridized carbons (Fsp3) is 0.333. The molecule has 0 saturated carbocycles. The van der Waals surface area contributed by atoms with Crippen LogP contribution in [0.25, 0.3) is 0 Å². The molecule has 0 aliphatic heterocycles. The predicted octanol–water partition coefficient (Wildman–Crippen LogP) is 2.02. The van der Waals surface area contributed by atoms with E-state index in [0.29, 0.717) is 18.7 Å². The highest BCUT2D eigenvalue weighted by Crippen LogP contribution is 2.12. The molecule has 2 nitrogen and oxygen atoms in total. The minimum Gasteiger partial charge on any atom is -0.387 e. The van der Waals surface area contributed by atoms with E-state index in [4.69, 9.17) is 0 Å². The van der Waals surface area contributed by atoms with E-state index < -0.39 is 6.10 Å². The lowest BCUT2D eigenvalue weighted by Crippen LogP contribution is -2.22. The van der Waals surface area contributed by atoms with Crippen LogP contribution in [-0.2, 0) is 0 Å². The van der Waals surface area contributed by atoms with Gasteiger partial charge in [-0.15, -0.1) is 0 Å². The van der Waals surface area contributed by atoms with Crippen molar-refractivity contribution < 1.29 is 9.50 Å². The number of hydrogen-bond donors (Lipinski definition) is 2. The Balaban J connectivity index is 2.43. The smallest absolute Gasteiger partial charge is 0.123 e. The molecule has 15 heavy (non-hydrogen) atoms. The highest BCUT2D eigenvalue weighted by Gasteiger charge is 2.06. The van der Waals surface area contributed by atoms with Gasteiger partial charge in [-0.1, -0.05) is 24.3 Å². The maximum atomic E-state index is 12.6. The fourth-order valence-electron chi connectivity index (χ4n) is 1.23. The van der Waals surface area contributed by atoms with E-state index in [9.17, 15) is 9.50 Å². The summed E-state index contributed by atoms with van der Waals surface area (Å²) in [6.07, 6.45) is -0.607. The van der Waals surface area contributed by atoms with Gasteiger partial charge in [0.25, 0.3) is 0 Å². The van der Waals surface area contributed by atoms with E-state index >= 15 is 0 Å². The molecule has 0 fully saturated rings. The Labute approximate surface area is 89.4 Å². The van der Waals surface area contributed by atoms with Crippen LogP contribution in [0.2, 0.25) is 0 Å². The van der Waals surface area contributed by atoms with Crippen LogP contribution in [0.3, 0.4) is 0 Å². The molecule has 1 atom stereocenters. The summed E-state index contributed by atoms with van der Waals surface area (Å²) in [4.78, 5) is 0. The normalized spacial score (nSPS) is 12.5. The summed E-state index contributed by atoms with van der Waals surface area (Å²) in [6, 6.07) is 5.86. The first-order valence-corrected chi connectivity index (χ1v) is 4.88. The molecule has 0 aliphatic carbocycles. The highest BCUT2D eigenvalue weighted by molar-refractivity contribution is 5.18. The Morgan fingerprint density at radius 3 is 2.60 bits per heavy atom. The molecular weight excluding hydrogens is 193 g/mol. The van der Waals surface area contributed by atoms with Crippen molar-refractivity contribution in [3.05, 3.63) is 47.8 Å². The molecule has 1 aromatic carbocycles. The molecule has 1 rings (SSSR count). The van der Waals surface area contributed by atoms with Crippen molar-refractivity contribution in [3.63, 3.8) is 0 Å². The molecule has 3 heteroatoms. The van der Waals surface area contributed by atoms with Crippen molar-refractivity contribution in [2.24, 2.45) is 0 Å². The summed E-state index contributed by atoms with van der Waals surface area (Å²) >= 11 is 0. The average molecular weight is 209 g/mol. The van der Waals surface area contributed by atoms with Crippen LogP contribution in [0.15, 0.2) is 36.4 Å². The number of rotatable bonds is 5. The van der Waals surface area contributed by atoms with E-state index in [1.807, 2.05) is 6.92 Å². The maximum Gasteiger partial charge on any atom is 0.123 e. The van der Waals surface area contributed by atoms with E-state index in [1.165, 1.54) is 12.1 Å². The van der Waals surface area contributed by atoms with Crippen LogP contribution in [0.1, 0.15) is 18.6 Å². The summed E-state index contributed by atoms with van der Waals surface area (Å²) in [5.74, 6) is -0.291. The number of aliphatic hydroxyl groups is 1. The lowest BCUT2D eigenvalue weighted by Gasteiger charge is -2.11. The molecule has 1 unspecified atom stereocenters. The van der Waals surface area contributed by atoms with E-state index in [0.717, 1.165) is 5.57 Å². The van der Waals surface area contributed by atoms with Crippen molar-refractivity contribution in [3.8, 4) is 0 Å². The Kier molecular flexibility index (Phi) is 4.46. The minimum atomic E-state index is -0.607. The maximum absolute atomic E-state index is 12.6. The largest absolute Gasteiger partial charge is 0.387 e. The van der Waals surface area contributed by atoms with Gasteiger partial charge < -0.3 is 10.4 Å². The molecule has 0 heterocycles. The Morgan fingerprint density at radius 1 is 1.47 bits per heavy atom. The molecule has 0 saturated heterocycles. The van der Waals surface area contributed by atoms with Gasteiger partial charge in [0.15, 0.2) is 0 Å². The van der Waals surface area contributed by atoms with Crippen LogP contribution in [0, 0.1) is 5.82 Å². The zero-order chi connectivity index (χ0) is 11.3. The average Bonchev–Trinajstić information content (AvgIpc) is 2.18. The summed E-state index contributed by atoms with van der Waals surface area (Å²) in [7, 11) is 0. The van der Waals surface area contributed by atoms with Gasteiger partial charge in [-0.25, -0.2) is 4.39 Å². The summed E-state index contributed by atoms with van der Waals surface area (Å²) in [6.45, 7) is 6.78. The third-order valence-corrected chi connectivity index (χ3v) is 2.02. The lowest BCUT2D eigenvalue weighted by molar-refractivity contribution is 0.176. The van der Waals surface area contributed by atoms with Crippen LogP contribution in [0.5, 0.6) is 0 Å². The second-order valence-electron chi connectivity index (χ2n) is 3.66. The molecule has 0 amide bonds. The number of aliphatic hydroxyl groups excluding tert-OH is 1. The molecule has 0 bridgehead atoms. The molecule has 2 N–H and O–H groups in total. The molecule has 0 radical (unpaired) electrons. The van der Waals surface area contributed by atoms with Crippen molar-refractivity contribution in [1.29, 1.82) is 0 Å². The van der Waals surface area contributed by atoms with Crippen molar-refractivity contribution in [2.45, 2.75) is 13.0 Å². The first kappa shape index (κ1) is 11.9. The second-order valence-corrected chi connectivity index (χ2v) is 3.66. The molecule has 1 aromatic rings. The third kappa shape index (κ3) is 4.23. The zero-order valence-corrected chi connectivity index (χ0v) is 8.83. The Bertz CT molecular complexity index is 321. The van der Waals surface area contributed by atoms with Crippen LogP contribution < -0.4 is 5.32 Å². The number of halogens is 1. The Morgan fingerprint density at radius 2 is 2.07 bits per heavy atom. The number of hydrogen-bond acceptors (Lipinski definition) is 2. The van der Waals surface area contributed by atoms with Crippen molar-refractivity contribution >= 4 is 0 Å². The highest BCUT2D eigenvalue weighted by atomic mass is 19.1. The van der Waals surface area contributed by atoms with Crippen LogP contribution in [-0.4, -0.2) is 18.2 Å². The van der Waals surface area contributed by atoms with Gasteiger partial charge in [0, 0.05) is 13.1 Å². The number of benzene rings is 1. The summed E-state index contributed by atoms with van der Waals surface area (Å²) in [5.41, 5.74) is 1.73. The minimum absolute atomic E-state index is 0.291. The van der Waals surface area contributed by atoms with Gasteiger partial charge in [0.05, 0.1) is 6.10 Å². The summed E-state index contributed by atoms with van der Waals surface area (Å²) < 4.78 is 12.6. The van der Waals surface area contributed by atoms with Crippen LogP contribution >= 0.6 is 0 Å². The standard InChI is InChI=1S/C12H16FNO/c1-9(2)7-14-8-12(15)10-3-5-11(13)6-4-10/h3-6,12,14-15H,1,7-8H2,2H3. The molecular formula is C12H16FNO. The van der Waals surface area contributed by atoms with Crippen LogP contribution in [0.4, 0.5) is 4.39 Å². The van der Waals surface area contributed by atoms with Gasteiger partial charge in [0.2, 0.25) is 0 Å². The Hall–Kier alpha value is -1.19. The molecule has 82 valence electrons. The van der Waals surface area contributed by atoms with Gasteiger partial charge in [-0.2, -0.15) is 0 Å². The number of nitrogens with one attached hydrogen (secondary N) is 1. The zero-order valence-electron chi connectivity index (χ0n) is 8.83. The van der Waals surface area contributed by atoms with Gasteiger partial charge in [0.1, 0.15) is 5.82 Å². The van der Waals surface area contributed by atoms with Crippen molar-refractivity contribution in [2.75, 3.05) is 13.1 Å². The van der Waals surface area contributed by atoms with E-state index in [2.05, 4.69) is 11.9 Å². The SMILES string of the molecule is C=C(C)CNCC(O)c1ccc(F)cc1. The van der Waals surface area contributed by atoms with Gasteiger partial charge in [-0.05, 0) is 24.6 Å². The van der Waals surface area contributed by atoms with E-state index in [1.54, 1.807) is 12.1 Å². The molecule has 0 aliphatic rings.